The summed E-state index contributed by atoms with van der Waals surface area (Å²) in [5.74, 6) is 0.796. The van der Waals surface area contributed by atoms with E-state index in [0.717, 1.165) is 51.7 Å². The van der Waals surface area contributed by atoms with Gasteiger partial charge in [0, 0.05) is 21.6 Å². The molecule has 0 amide bonds. The van der Waals surface area contributed by atoms with Crippen LogP contribution < -0.4 is 15.3 Å². The van der Waals surface area contributed by atoms with Crippen LogP contribution in [0.4, 0.5) is 5.69 Å². The minimum Gasteiger partial charge on any atom is -0.473 e. The van der Waals surface area contributed by atoms with Gasteiger partial charge < -0.3 is 14.1 Å². The van der Waals surface area contributed by atoms with Gasteiger partial charge >= 0.3 is 5.63 Å². The highest BCUT2D eigenvalue weighted by atomic mass is 79.9. The summed E-state index contributed by atoms with van der Waals surface area (Å²) in [4.78, 5) is 14.3. The second kappa shape index (κ2) is 7.39. The summed E-state index contributed by atoms with van der Waals surface area (Å²) in [5, 5.41) is 1.01. The number of nitrogens with zero attached hydrogens (tertiary/aromatic N) is 1. The third-order valence-corrected chi connectivity index (χ3v) is 5.58. The number of hydrogen-bond acceptors (Lipinski definition) is 4. The molecule has 3 aromatic rings. The number of fused-ring (bicyclic) bond motifs is 3. The predicted octanol–water partition coefficient (Wildman–Crippen LogP) is 5.56. The fraction of sp³-hybridized carbons (Fsp3) is 0.318. The van der Waals surface area contributed by atoms with Gasteiger partial charge in [0.25, 0.3) is 0 Å². The summed E-state index contributed by atoms with van der Waals surface area (Å²) in [6.07, 6.45) is 3.02. The number of benzene rings is 2. The summed E-state index contributed by atoms with van der Waals surface area (Å²) in [5.41, 5.74) is 4.65. The monoisotopic (exact) mass is 427 g/mol. The van der Waals surface area contributed by atoms with Crippen molar-refractivity contribution in [1.29, 1.82) is 0 Å². The molecule has 2 heterocycles. The number of aryl methyl sites for hydroxylation is 2. The van der Waals surface area contributed by atoms with Gasteiger partial charge in [-0.25, -0.2) is 4.79 Å². The standard InChI is InChI=1S/C22H22BrNO3/c1-3-4-5-15-11-21(25)27-22-17(15)7-9-20-18(22)12-24(13-26-20)19-8-6-16(23)10-14(19)2/h6-11H,3-5,12-13H2,1-2H3. The molecule has 0 spiro atoms. The molecule has 0 unspecified atom stereocenters. The molecule has 2 aromatic carbocycles. The maximum Gasteiger partial charge on any atom is 0.336 e. The number of unbranched alkanes of at least 4 members (excludes halogenated alkanes) is 1. The lowest BCUT2D eigenvalue weighted by atomic mass is 10.0. The van der Waals surface area contributed by atoms with E-state index in [-0.39, 0.29) is 5.63 Å². The van der Waals surface area contributed by atoms with Crippen molar-refractivity contribution in [2.24, 2.45) is 0 Å². The van der Waals surface area contributed by atoms with E-state index in [4.69, 9.17) is 9.15 Å². The predicted molar refractivity (Wildman–Crippen MR) is 112 cm³/mol. The highest BCUT2D eigenvalue weighted by Crippen LogP contribution is 2.36. The van der Waals surface area contributed by atoms with Crippen LogP contribution in [0, 0.1) is 6.92 Å². The zero-order valence-electron chi connectivity index (χ0n) is 15.5. The van der Waals surface area contributed by atoms with Gasteiger partial charge in [-0.3, -0.25) is 0 Å². The third-order valence-electron chi connectivity index (χ3n) is 5.08. The highest BCUT2D eigenvalue weighted by molar-refractivity contribution is 9.10. The molecule has 1 aliphatic heterocycles. The summed E-state index contributed by atoms with van der Waals surface area (Å²) < 4.78 is 12.7. The molecule has 27 heavy (non-hydrogen) atoms. The van der Waals surface area contributed by atoms with Crippen molar-refractivity contribution in [3.63, 3.8) is 0 Å². The molecule has 0 N–H and O–H groups in total. The number of rotatable bonds is 4. The average molecular weight is 428 g/mol. The van der Waals surface area contributed by atoms with E-state index in [1.807, 2.05) is 18.2 Å². The minimum absolute atomic E-state index is 0.293. The SMILES string of the molecule is CCCCc1cc(=O)oc2c3c(ccc12)OCN(c1ccc(Br)cc1C)C3. The van der Waals surface area contributed by atoms with Gasteiger partial charge in [0.15, 0.2) is 6.73 Å². The lowest BCUT2D eigenvalue weighted by molar-refractivity contribution is 0.289. The molecule has 0 fully saturated rings. The van der Waals surface area contributed by atoms with Crippen LogP contribution in [0.25, 0.3) is 11.0 Å². The van der Waals surface area contributed by atoms with E-state index >= 15 is 0 Å². The van der Waals surface area contributed by atoms with Crippen molar-refractivity contribution in [1.82, 2.24) is 0 Å². The van der Waals surface area contributed by atoms with Gasteiger partial charge in [-0.2, -0.15) is 0 Å². The van der Waals surface area contributed by atoms with Crippen LogP contribution in [0.3, 0.4) is 0 Å². The number of halogens is 1. The minimum atomic E-state index is -0.293. The first-order valence-corrected chi connectivity index (χ1v) is 10.1. The zero-order chi connectivity index (χ0) is 19.0. The van der Waals surface area contributed by atoms with Crippen molar-refractivity contribution in [3.05, 3.63) is 68.0 Å². The topological polar surface area (TPSA) is 42.7 Å². The van der Waals surface area contributed by atoms with Gasteiger partial charge in [-0.1, -0.05) is 29.3 Å². The lowest BCUT2D eigenvalue weighted by Gasteiger charge is -2.32. The van der Waals surface area contributed by atoms with E-state index in [2.05, 4.69) is 46.8 Å². The summed E-state index contributed by atoms with van der Waals surface area (Å²) >= 11 is 3.52. The van der Waals surface area contributed by atoms with Crippen LogP contribution in [0.2, 0.25) is 0 Å². The van der Waals surface area contributed by atoms with Crippen LogP contribution in [0.1, 0.15) is 36.5 Å². The third kappa shape index (κ3) is 3.48. The van der Waals surface area contributed by atoms with Crippen molar-refractivity contribution in [3.8, 4) is 5.75 Å². The molecule has 0 atom stereocenters. The van der Waals surface area contributed by atoms with Crippen LogP contribution >= 0.6 is 15.9 Å². The molecule has 0 radical (unpaired) electrons. The molecule has 1 aromatic heterocycles. The Morgan fingerprint density at radius 1 is 1.19 bits per heavy atom. The largest absolute Gasteiger partial charge is 0.473 e. The molecule has 0 saturated heterocycles. The molecule has 5 heteroatoms. The zero-order valence-corrected chi connectivity index (χ0v) is 17.1. The number of anilines is 1. The lowest BCUT2D eigenvalue weighted by Crippen LogP contribution is -2.32. The average Bonchev–Trinajstić information content (AvgIpc) is 2.65. The first kappa shape index (κ1) is 18.1. The summed E-state index contributed by atoms with van der Waals surface area (Å²) in [6, 6.07) is 11.9. The summed E-state index contributed by atoms with van der Waals surface area (Å²) in [7, 11) is 0. The Kier molecular flexibility index (Phi) is 4.96. The van der Waals surface area contributed by atoms with Crippen LogP contribution in [0.15, 0.2) is 50.1 Å². The first-order chi connectivity index (χ1) is 13.1. The molecule has 4 rings (SSSR count). The van der Waals surface area contributed by atoms with Crippen molar-refractivity contribution in [2.45, 2.75) is 39.7 Å². The second-order valence-corrected chi connectivity index (χ2v) is 7.93. The van der Waals surface area contributed by atoms with Crippen LogP contribution in [0.5, 0.6) is 5.75 Å². The molecule has 0 bridgehead atoms. The number of ether oxygens (including phenoxy) is 1. The fourth-order valence-electron chi connectivity index (χ4n) is 3.70. The van der Waals surface area contributed by atoms with Gasteiger partial charge in [-0.05, 0) is 61.2 Å². The van der Waals surface area contributed by atoms with Crippen molar-refractivity contribution in [2.75, 3.05) is 11.6 Å². The van der Waals surface area contributed by atoms with Gasteiger partial charge in [0.05, 0.1) is 12.1 Å². The Bertz CT molecular complexity index is 1060. The van der Waals surface area contributed by atoms with E-state index in [0.29, 0.717) is 18.9 Å². The molecule has 140 valence electrons. The molecular weight excluding hydrogens is 406 g/mol. The molecule has 1 aliphatic rings. The Morgan fingerprint density at radius 2 is 2.04 bits per heavy atom. The van der Waals surface area contributed by atoms with Gasteiger partial charge in [0.2, 0.25) is 0 Å². The summed E-state index contributed by atoms with van der Waals surface area (Å²) in [6.45, 7) is 5.36. The molecule has 0 saturated carbocycles. The maximum absolute atomic E-state index is 12.2. The van der Waals surface area contributed by atoms with Gasteiger partial charge in [0.1, 0.15) is 11.3 Å². The normalized spacial score (nSPS) is 13.5. The molecule has 4 nitrogen and oxygen atoms in total. The smallest absolute Gasteiger partial charge is 0.336 e. The van der Waals surface area contributed by atoms with Crippen LogP contribution in [-0.2, 0) is 13.0 Å². The number of hydrogen-bond donors (Lipinski definition) is 0. The molecular formula is C22H22BrNO3. The molecule has 0 aliphatic carbocycles. The Labute approximate surface area is 166 Å². The maximum atomic E-state index is 12.2. The second-order valence-electron chi connectivity index (χ2n) is 7.02. The van der Waals surface area contributed by atoms with Crippen molar-refractivity contribution < 1.29 is 9.15 Å². The van der Waals surface area contributed by atoms with Crippen molar-refractivity contribution >= 4 is 32.6 Å². The Morgan fingerprint density at radius 3 is 2.81 bits per heavy atom. The van der Waals surface area contributed by atoms with E-state index < -0.39 is 0 Å². The Hall–Kier alpha value is -2.27. The van der Waals surface area contributed by atoms with E-state index in [9.17, 15) is 4.79 Å². The first-order valence-electron chi connectivity index (χ1n) is 9.29. The Balaban J connectivity index is 1.79. The van der Waals surface area contributed by atoms with Crippen LogP contribution in [-0.4, -0.2) is 6.73 Å². The fourth-order valence-corrected chi connectivity index (χ4v) is 4.18. The van der Waals surface area contributed by atoms with E-state index in [1.165, 1.54) is 5.56 Å². The highest BCUT2D eigenvalue weighted by Gasteiger charge is 2.23. The van der Waals surface area contributed by atoms with Gasteiger partial charge in [-0.15, -0.1) is 0 Å². The quantitative estimate of drug-likeness (QED) is 0.510. The van der Waals surface area contributed by atoms with E-state index in [1.54, 1.807) is 6.07 Å².